The number of nitrogens with one attached hydrogen (secondary N) is 1. The number of benzene rings is 1. The van der Waals surface area contributed by atoms with E-state index >= 15 is 0 Å². The fourth-order valence-corrected chi connectivity index (χ4v) is 3.32. The number of phenols is 1. The van der Waals surface area contributed by atoms with Gasteiger partial charge in [0.2, 0.25) is 5.78 Å². The standard InChI is InChI=1S/C14H13NO4/c16-8-1-2-9-10-6-12(17)14(18)7-13(10,3-4-15-14)19-11(9)5-8/h1-2,5-6,15-16,18H,3-4,7H2. The summed E-state index contributed by atoms with van der Waals surface area (Å²) < 4.78 is 5.98. The van der Waals surface area contributed by atoms with Gasteiger partial charge in [0.25, 0.3) is 0 Å². The molecule has 98 valence electrons. The minimum atomic E-state index is -1.52. The van der Waals surface area contributed by atoms with Gasteiger partial charge >= 0.3 is 0 Å². The Labute approximate surface area is 109 Å². The molecule has 5 heteroatoms. The van der Waals surface area contributed by atoms with Gasteiger partial charge in [-0.3, -0.25) is 10.1 Å². The molecule has 2 heterocycles. The van der Waals surface area contributed by atoms with Crippen LogP contribution in [0.25, 0.3) is 5.57 Å². The van der Waals surface area contributed by atoms with Crippen molar-refractivity contribution in [1.29, 1.82) is 0 Å². The molecule has 2 bridgehead atoms. The zero-order chi connectivity index (χ0) is 13.3. The molecule has 1 aromatic rings. The third kappa shape index (κ3) is 1.29. The van der Waals surface area contributed by atoms with E-state index < -0.39 is 11.3 Å². The lowest BCUT2D eigenvalue weighted by Gasteiger charge is -2.45. The summed E-state index contributed by atoms with van der Waals surface area (Å²) >= 11 is 0. The van der Waals surface area contributed by atoms with Crippen LogP contribution in [-0.2, 0) is 4.79 Å². The Kier molecular flexibility index (Phi) is 1.84. The first-order valence-corrected chi connectivity index (χ1v) is 6.29. The van der Waals surface area contributed by atoms with Crippen LogP contribution in [-0.4, -0.2) is 33.9 Å². The van der Waals surface area contributed by atoms with E-state index in [1.807, 2.05) is 0 Å². The van der Waals surface area contributed by atoms with E-state index in [9.17, 15) is 15.0 Å². The topological polar surface area (TPSA) is 78.8 Å². The monoisotopic (exact) mass is 259 g/mol. The molecule has 19 heavy (non-hydrogen) atoms. The van der Waals surface area contributed by atoms with Crippen molar-refractivity contribution >= 4 is 11.4 Å². The van der Waals surface area contributed by atoms with Gasteiger partial charge in [-0.15, -0.1) is 0 Å². The number of hydrogen-bond donors (Lipinski definition) is 3. The molecule has 1 aliphatic carbocycles. The number of rotatable bonds is 0. The van der Waals surface area contributed by atoms with Crippen molar-refractivity contribution in [3.05, 3.63) is 29.8 Å². The Balaban J connectivity index is 1.93. The van der Waals surface area contributed by atoms with Crippen molar-refractivity contribution in [3.63, 3.8) is 0 Å². The summed E-state index contributed by atoms with van der Waals surface area (Å²) in [7, 11) is 0. The van der Waals surface area contributed by atoms with Crippen LogP contribution in [0.4, 0.5) is 0 Å². The highest BCUT2D eigenvalue weighted by Crippen LogP contribution is 2.53. The molecule has 3 aliphatic rings. The number of fused-ring (bicyclic) bond motifs is 3. The number of piperidine rings is 1. The molecule has 0 aromatic heterocycles. The molecular weight excluding hydrogens is 246 g/mol. The van der Waals surface area contributed by atoms with Gasteiger partial charge in [0, 0.05) is 36.6 Å². The molecule has 5 nitrogen and oxygen atoms in total. The third-order valence-corrected chi connectivity index (χ3v) is 4.22. The molecule has 4 rings (SSSR count). The fourth-order valence-electron chi connectivity index (χ4n) is 3.32. The van der Waals surface area contributed by atoms with Gasteiger partial charge in [-0.2, -0.15) is 0 Å². The van der Waals surface area contributed by atoms with Crippen LogP contribution in [0.1, 0.15) is 18.4 Å². The van der Waals surface area contributed by atoms with Crippen molar-refractivity contribution in [2.75, 3.05) is 6.54 Å². The number of aromatic hydroxyl groups is 1. The van der Waals surface area contributed by atoms with Crippen LogP contribution in [0, 0.1) is 0 Å². The summed E-state index contributed by atoms with van der Waals surface area (Å²) in [6.07, 6.45) is 2.36. The predicted molar refractivity (Wildman–Crippen MR) is 66.6 cm³/mol. The van der Waals surface area contributed by atoms with Gasteiger partial charge in [-0.1, -0.05) is 0 Å². The Hall–Kier alpha value is -1.85. The highest BCUT2D eigenvalue weighted by molar-refractivity contribution is 6.07. The first-order chi connectivity index (χ1) is 9.02. The Bertz CT molecular complexity index is 638. The van der Waals surface area contributed by atoms with E-state index in [1.54, 1.807) is 18.2 Å². The summed E-state index contributed by atoms with van der Waals surface area (Å²) in [5, 5.41) is 22.7. The molecule has 1 spiro atoms. The van der Waals surface area contributed by atoms with Crippen LogP contribution >= 0.6 is 0 Å². The first kappa shape index (κ1) is 11.0. The molecule has 1 saturated heterocycles. The van der Waals surface area contributed by atoms with Crippen molar-refractivity contribution < 1.29 is 19.7 Å². The predicted octanol–water partition coefficient (Wildman–Crippen LogP) is 0.561. The molecule has 0 saturated carbocycles. The van der Waals surface area contributed by atoms with Crippen molar-refractivity contribution in [2.45, 2.75) is 24.2 Å². The molecule has 1 aromatic carbocycles. The van der Waals surface area contributed by atoms with Crippen molar-refractivity contribution in [3.8, 4) is 11.5 Å². The summed E-state index contributed by atoms with van der Waals surface area (Å²) in [6.45, 7) is 0.513. The largest absolute Gasteiger partial charge is 0.508 e. The van der Waals surface area contributed by atoms with Gasteiger partial charge < -0.3 is 14.9 Å². The molecule has 2 atom stereocenters. The van der Waals surface area contributed by atoms with Crippen LogP contribution in [0.5, 0.6) is 11.5 Å². The van der Waals surface area contributed by atoms with Crippen LogP contribution in [0.15, 0.2) is 24.3 Å². The highest BCUT2D eigenvalue weighted by atomic mass is 16.5. The number of aliphatic hydroxyl groups is 1. The minimum Gasteiger partial charge on any atom is -0.508 e. The SMILES string of the molecule is O=C1C=C2c3ccc(O)cc3OC23CCNC1(O)C3. The summed E-state index contributed by atoms with van der Waals surface area (Å²) in [5.41, 5.74) is -0.524. The lowest BCUT2D eigenvalue weighted by molar-refractivity contribution is -0.147. The Morgan fingerprint density at radius 1 is 1.37 bits per heavy atom. The van der Waals surface area contributed by atoms with Gasteiger partial charge in [0.15, 0.2) is 5.72 Å². The van der Waals surface area contributed by atoms with Gasteiger partial charge in [-0.05, 0) is 18.2 Å². The molecule has 0 radical (unpaired) electrons. The second-order valence-electron chi connectivity index (χ2n) is 5.41. The van der Waals surface area contributed by atoms with E-state index in [0.717, 1.165) is 11.1 Å². The second-order valence-corrected chi connectivity index (χ2v) is 5.41. The van der Waals surface area contributed by atoms with E-state index in [0.29, 0.717) is 18.7 Å². The maximum absolute atomic E-state index is 12.0. The number of carbonyl (C=O) groups is 1. The number of phenolic OH excluding ortho intramolecular Hbond substituents is 1. The number of carbonyl (C=O) groups excluding carboxylic acids is 1. The summed E-state index contributed by atoms with van der Waals surface area (Å²) in [6, 6.07) is 4.88. The van der Waals surface area contributed by atoms with Gasteiger partial charge in [-0.25, -0.2) is 0 Å². The van der Waals surface area contributed by atoms with Crippen LogP contribution in [0.2, 0.25) is 0 Å². The zero-order valence-electron chi connectivity index (χ0n) is 10.1. The highest BCUT2D eigenvalue weighted by Gasteiger charge is 2.57. The molecule has 0 amide bonds. The number of ketones is 1. The van der Waals surface area contributed by atoms with E-state index in [4.69, 9.17) is 4.74 Å². The molecule has 1 fully saturated rings. The molecule has 2 aliphatic heterocycles. The van der Waals surface area contributed by atoms with Gasteiger partial charge in [0.1, 0.15) is 17.1 Å². The fraction of sp³-hybridized carbons (Fsp3) is 0.357. The smallest absolute Gasteiger partial charge is 0.202 e. The average molecular weight is 259 g/mol. The first-order valence-electron chi connectivity index (χ1n) is 6.29. The Morgan fingerprint density at radius 3 is 3.05 bits per heavy atom. The zero-order valence-corrected chi connectivity index (χ0v) is 10.1. The third-order valence-electron chi connectivity index (χ3n) is 4.22. The number of ether oxygens (including phenoxy) is 1. The minimum absolute atomic E-state index is 0.130. The summed E-state index contributed by atoms with van der Waals surface area (Å²) in [4.78, 5) is 12.0. The van der Waals surface area contributed by atoms with E-state index in [2.05, 4.69) is 5.32 Å². The van der Waals surface area contributed by atoms with Crippen molar-refractivity contribution in [1.82, 2.24) is 5.32 Å². The quantitative estimate of drug-likeness (QED) is 0.634. The summed E-state index contributed by atoms with van der Waals surface area (Å²) in [5.74, 6) is 0.373. The normalized spacial score (nSPS) is 35.2. The van der Waals surface area contributed by atoms with Gasteiger partial charge in [0.05, 0.1) is 0 Å². The average Bonchev–Trinajstić information content (AvgIpc) is 2.61. The van der Waals surface area contributed by atoms with E-state index in [-0.39, 0.29) is 18.0 Å². The lowest BCUT2D eigenvalue weighted by Crippen LogP contribution is -2.64. The van der Waals surface area contributed by atoms with E-state index in [1.165, 1.54) is 6.08 Å². The van der Waals surface area contributed by atoms with Crippen LogP contribution < -0.4 is 10.1 Å². The second kappa shape index (κ2) is 3.18. The lowest BCUT2D eigenvalue weighted by atomic mass is 9.72. The molecular formula is C14H13NO4. The number of hydrogen-bond acceptors (Lipinski definition) is 5. The molecule has 2 unspecified atom stereocenters. The Morgan fingerprint density at radius 2 is 2.21 bits per heavy atom. The van der Waals surface area contributed by atoms with Crippen LogP contribution in [0.3, 0.4) is 0 Å². The van der Waals surface area contributed by atoms with Crippen molar-refractivity contribution in [2.24, 2.45) is 0 Å². The maximum Gasteiger partial charge on any atom is 0.202 e. The molecule has 3 N–H and O–H groups in total. The maximum atomic E-state index is 12.0.